The number of nitrogens with two attached hydrogens (primary N) is 1. The zero-order chi connectivity index (χ0) is 17.8. The molecule has 0 aromatic heterocycles. The van der Waals surface area contributed by atoms with Gasteiger partial charge < -0.3 is 41.9 Å². The zero-order valence-corrected chi connectivity index (χ0v) is 12.6. The summed E-state index contributed by atoms with van der Waals surface area (Å²) in [6.07, 6.45) is -3.67. The lowest BCUT2D eigenvalue weighted by Crippen LogP contribution is -2.49. The lowest BCUT2D eigenvalue weighted by molar-refractivity contribution is -0.117. The number of rotatable bonds is 12. The van der Waals surface area contributed by atoms with E-state index in [1.165, 1.54) is 0 Å². The van der Waals surface area contributed by atoms with Crippen LogP contribution in [0.25, 0.3) is 0 Å². The average Bonchev–Trinajstić information content (AvgIpc) is 2.53. The standard InChI is InChI=1S/C13H25N3O7/c14-10(20)2-3-11(21)16-5-1-4-15-6-8(18)12(22)13(23)9(19)7-17/h2-3,8-9,12-13,15,17-19,22-23H,1,4-7H2,(H2,14,20)(H,16,21)/t8-,9+,12+,13+/m0/s1. The molecular formula is C13H25N3O7. The topological polar surface area (TPSA) is 185 Å². The molecule has 23 heavy (non-hydrogen) atoms. The van der Waals surface area contributed by atoms with Crippen LogP contribution in [0.2, 0.25) is 0 Å². The number of carbonyl (C=O) groups excluding carboxylic acids is 2. The summed E-state index contributed by atoms with van der Waals surface area (Å²) in [6.45, 7) is -0.0597. The van der Waals surface area contributed by atoms with Crippen LogP contribution in [0.1, 0.15) is 6.42 Å². The van der Waals surface area contributed by atoms with Gasteiger partial charge in [0.25, 0.3) is 0 Å². The molecule has 0 unspecified atom stereocenters. The normalized spacial score (nSPS) is 16.7. The average molecular weight is 335 g/mol. The van der Waals surface area contributed by atoms with Gasteiger partial charge in [-0.15, -0.1) is 0 Å². The second kappa shape index (κ2) is 11.9. The van der Waals surface area contributed by atoms with Gasteiger partial charge in [-0.25, -0.2) is 0 Å². The fourth-order valence-corrected chi connectivity index (χ4v) is 1.58. The Balaban J connectivity index is 3.79. The van der Waals surface area contributed by atoms with Crippen molar-refractivity contribution < 1.29 is 35.1 Å². The highest BCUT2D eigenvalue weighted by atomic mass is 16.4. The fourth-order valence-electron chi connectivity index (χ4n) is 1.58. The van der Waals surface area contributed by atoms with E-state index in [1.807, 2.05) is 0 Å². The fraction of sp³-hybridized carbons (Fsp3) is 0.692. The lowest BCUT2D eigenvalue weighted by atomic mass is 10.0. The first kappa shape index (κ1) is 21.4. The Bertz CT molecular complexity index is 392. The first-order valence-electron chi connectivity index (χ1n) is 7.08. The molecule has 0 saturated heterocycles. The maximum Gasteiger partial charge on any atom is 0.244 e. The SMILES string of the molecule is NC(=O)C=CC(=O)NCCCNC[C@H](O)[C@@H](O)[C@H](O)[C@H](O)CO. The van der Waals surface area contributed by atoms with E-state index in [0.717, 1.165) is 12.2 Å². The van der Waals surface area contributed by atoms with Crippen LogP contribution in [0.15, 0.2) is 12.2 Å². The molecule has 0 spiro atoms. The Hall–Kier alpha value is -1.56. The van der Waals surface area contributed by atoms with Crippen molar-refractivity contribution in [3.8, 4) is 0 Å². The van der Waals surface area contributed by atoms with Crippen molar-refractivity contribution in [1.82, 2.24) is 10.6 Å². The first-order valence-corrected chi connectivity index (χ1v) is 7.08. The molecule has 0 heterocycles. The monoisotopic (exact) mass is 335 g/mol. The first-order chi connectivity index (χ1) is 10.8. The molecule has 0 aromatic carbocycles. The molecule has 0 aromatic rings. The molecule has 134 valence electrons. The number of hydrogen-bond donors (Lipinski definition) is 8. The quantitative estimate of drug-likeness (QED) is 0.130. The lowest BCUT2D eigenvalue weighted by Gasteiger charge is -2.25. The van der Waals surface area contributed by atoms with Gasteiger partial charge in [-0.2, -0.15) is 0 Å². The summed E-state index contributed by atoms with van der Waals surface area (Å²) < 4.78 is 0. The van der Waals surface area contributed by atoms with Crippen LogP contribution in [0.3, 0.4) is 0 Å². The van der Waals surface area contributed by atoms with Crippen LogP contribution < -0.4 is 16.4 Å². The zero-order valence-electron chi connectivity index (χ0n) is 12.6. The number of primary amides is 1. The minimum Gasteiger partial charge on any atom is -0.394 e. The summed E-state index contributed by atoms with van der Waals surface area (Å²) >= 11 is 0. The van der Waals surface area contributed by atoms with E-state index in [4.69, 9.17) is 15.9 Å². The maximum atomic E-state index is 11.2. The molecule has 0 rings (SSSR count). The Kier molecular flexibility index (Phi) is 11.1. The molecule has 0 fully saturated rings. The van der Waals surface area contributed by atoms with E-state index >= 15 is 0 Å². The second-order valence-corrected chi connectivity index (χ2v) is 4.88. The van der Waals surface area contributed by atoms with Crippen molar-refractivity contribution >= 4 is 11.8 Å². The molecule has 9 N–H and O–H groups in total. The number of hydrogen-bond acceptors (Lipinski definition) is 8. The Morgan fingerprint density at radius 2 is 1.61 bits per heavy atom. The molecule has 10 nitrogen and oxygen atoms in total. The van der Waals surface area contributed by atoms with Crippen molar-refractivity contribution in [2.75, 3.05) is 26.2 Å². The number of aliphatic hydroxyl groups is 5. The van der Waals surface area contributed by atoms with E-state index in [9.17, 15) is 24.9 Å². The minimum absolute atomic E-state index is 0.0497. The third kappa shape index (κ3) is 9.94. The van der Waals surface area contributed by atoms with Gasteiger partial charge >= 0.3 is 0 Å². The molecule has 0 bridgehead atoms. The van der Waals surface area contributed by atoms with Crippen molar-refractivity contribution in [3.05, 3.63) is 12.2 Å². The van der Waals surface area contributed by atoms with Crippen molar-refractivity contribution in [3.63, 3.8) is 0 Å². The summed E-state index contributed by atoms with van der Waals surface area (Å²) in [7, 11) is 0. The third-order valence-corrected chi connectivity index (χ3v) is 2.91. The number of carbonyl (C=O) groups is 2. The number of amides is 2. The van der Waals surface area contributed by atoms with E-state index in [0.29, 0.717) is 19.5 Å². The third-order valence-electron chi connectivity index (χ3n) is 2.91. The van der Waals surface area contributed by atoms with E-state index in [-0.39, 0.29) is 6.54 Å². The molecular weight excluding hydrogens is 310 g/mol. The highest BCUT2D eigenvalue weighted by molar-refractivity contribution is 5.95. The largest absolute Gasteiger partial charge is 0.394 e. The van der Waals surface area contributed by atoms with Crippen molar-refractivity contribution in [2.45, 2.75) is 30.8 Å². The van der Waals surface area contributed by atoms with Crippen LogP contribution in [0.4, 0.5) is 0 Å². The van der Waals surface area contributed by atoms with Crippen LogP contribution in [0, 0.1) is 0 Å². The van der Waals surface area contributed by atoms with E-state index in [2.05, 4.69) is 10.6 Å². The molecule has 0 saturated carbocycles. The summed E-state index contributed by atoms with van der Waals surface area (Å²) in [4.78, 5) is 21.6. The van der Waals surface area contributed by atoms with Gasteiger partial charge in [-0.1, -0.05) is 0 Å². The second-order valence-electron chi connectivity index (χ2n) is 4.88. The summed E-state index contributed by atoms with van der Waals surface area (Å²) in [6, 6.07) is 0. The summed E-state index contributed by atoms with van der Waals surface area (Å²) in [5.41, 5.74) is 4.83. The van der Waals surface area contributed by atoms with Gasteiger partial charge in [0, 0.05) is 25.2 Å². The van der Waals surface area contributed by atoms with Crippen molar-refractivity contribution in [1.29, 1.82) is 0 Å². The van der Waals surface area contributed by atoms with Gasteiger partial charge in [-0.3, -0.25) is 9.59 Å². The Morgan fingerprint density at radius 1 is 1.00 bits per heavy atom. The van der Waals surface area contributed by atoms with Crippen molar-refractivity contribution in [2.24, 2.45) is 5.73 Å². The van der Waals surface area contributed by atoms with Crippen LogP contribution in [-0.4, -0.2) is 88.0 Å². The predicted octanol–water partition coefficient (Wildman–Crippen LogP) is -4.44. The molecule has 10 heteroatoms. The molecule has 0 aliphatic rings. The van der Waals surface area contributed by atoms with Gasteiger partial charge in [-0.05, 0) is 13.0 Å². The highest BCUT2D eigenvalue weighted by Crippen LogP contribution is 2.04. The Labute approximate surface area is 133 Å². The minimum atomic E-state index is -1.66. The molecule has 0 aliphatic heterocycles. The number of nitrogens with one attached hydrogen (secondary N) is 2. The number of aliphatic hydroxyl groups excluding tert-OH is 5. The Morgan fingerprint density at radius 3 is 2.17 bits per heavy atom. The van der Waals surface area contributed by atoms with Crippen LogP contribution in [0.5, 0.6) is 0 Å². The van der Waals surface area contributed by atoms with Crippen LogP contribution >= 0.6 is 0 Å². The summed E-state index contributed by atoms with van der Waals surface area (Å²) in [5.74, 6) is -1.18. The molecule has 0 radical (unpaired) electrons. The highest BCUT2D eigenvalue weighted by Gasteiger charge is 2.29. The molecule has 2 amide bonds. The molecule has 4 atom stereocenters. The van der Waals surface area contributed by atoms with E-state index < -0.39 is 42.8 Å². The predicted molar refractivity (Wildman–Crippen MR) is 79.9 cm³/mol. The molecule has 0 aliphatic carbocycles. The maximum absolute atomic E-state index is 11.2. The van der Waals surface area contributed by atoms with Gasteiger partial charge in [0.15, 0.2) is 0 Å². The van der Waals surface area contributed by atoms with Gasteiger partial charge in [0.1, 0.15) is 18.3 Å². The smallest absolute Gasteiger partial charge is 0.244 e. The summed E-state index contributed by atoms with van der Waals surface area (Å²) in [5, 5.41) is 51.7. The van der Waals surface area contributed by atoms with E-state index in [1.54, 1.807) is 0 Å². The van der Waals surface area contributed by atoms with Gasteiger partial charge in [0.2, 0.25) is 11.8 Å². The van der Waals surface area contributed by atoms with Crippen LogP contribution in [-0.2, 0) is 9.59 Å². The van der Waals surface area contributed by atoms with Gasteiger partial charge in [0.05, 0.1) is 12.7 Å².